The Morgan fingerprint density at radius 2 is 1.87 bits per heavy atom. The molecule has 3 rings (SSSR count). The fourth-order valence-electron chi connectivity index (χ4n) is 3.14. The van der Waals surface area contributed by atoms with E-state index in [4.69, 9.17) is 16.6 Å². The zero-order chi connectivity index (χ0) is 21.5. The van der Waals surface area contributed by atoms with Gasteiger partial charge in [-0.3, -0.25) is 9.69 Å². The number of halogens is 1. The van der Waals surface area contributed by atoms with Crippen LogP contribution < -0.4 is 4.90 Å². The molecule has 0 fully saturated rings. The molecule has 1 amide bonds. The van der Waals surface area contributed by atoms with Gasteiger partial charge >= 0.3 is 0 Å². The van der Waals surface area contributed by atoms with Crippen LogP contribution in [0.25, 0.3) is 10.2 Å². The fraction of sp³-hybridized carbons (Fsp3) is 0.391. The highest BCUT2D eigenvalue weighted by Gasteiger charge is 2.20. The number of thioether (sulfide) groups is 1. The number of nitrogens with zero attached hydrogens (tertiary/aromatic N) is 3. The van der Waals surface area contributed by atoms with Crippen molar-refractivity contribution in [2.75, 3.05) is 37.8 Å². The van der Waals surface area contributed by atoms with Crippen molar-refractivity contribution < 1.29 is 4.79 Å². The summed E-state index contributed by atoms with van der Waals surface area (Å²) in [5.74, 6) is 1.06. The quantitative estimate of drug-likeness (QED) is 0.269. The third kappa shape index (κ3) is 6.20. The van der Waals surface area contributed by atoms with Crippen molar-refractivity contribution in [3.05, 3.63) is 53.1 Å². The molecule has 0 unspecified atom stereocenters. The molecule has 0 bridgehead atoms. The number of thiazole rings is 1. The third-order valence-corrected chi connectivity index (χ3v) is 7.39. The number of hydrogen-bond acceptors (Lipinski definition) is 5. The van der Waals surface area contributed by atoms with Gasteiger partial charge < -0.3 is 4.90 Å². The van der Waals surface area contributed by atoms with Crippen molar-refractivity contribution in [1.29, 1.82) is 0 Å². The Balaban J connectivity index is 1.69. The van der Waals surface area contributed by atoms with Crippen molar-refractivity contribution in [2.45, 2.75) is 31.1 Å². The molecule has 3 aromatic rings. The number of amides is 1. The van der Waals surface area contributed by atoms with Gasteiger partial charge in [-0.1, -0.05) is 47.2 Å². The summed E-state index contributed by atoms with van der Waals surface area (Å²) < 4.78 is 0.955. The van der Waals surface area contributed by atoms with E-state index in [1.807, 2.05) is 56.3 Å². The molecule has 0 aliphatic rings. The second-order valence-electron chi connectivity index (χ2n) is 7.51. The molecule has 0 radical (unpaired) electrons. The second kappa shape index (κ2) is 11.1. The van der Waals surface area contributed by atoms with Gasteiger partial charge in [-0.25, -0.2) is 4.98 Å². The van der Waals surface area contributed by atoms with Crippen molar-refractivity contribution in [3.63, 3.8) is 0 Å². The average Bonchev–Trinajstić information content (AvgIpc) is 3.18. The number of aromatic nitrogens is 1. The van der Waals surface area contributed by atoms with E-state index in [0.29, 0.717) is 18.0 Å². The van der Waals surface area contributed by atoms with Gasteiger partial charge in [0, 0.05) is 17.9 Å². The summed E-state index contributed by atoms with van der Waals surface area (Å²) in [6.07, 6.45) is 2.26. The van der Waals surface area contributed by atoms with Gasteiger partial charge in [-0.2, -0.15) is 0 Å². The lowest BCUT2D eigenvalue weighted by atomic mass is 10.2. The number of rotatable bonds is 10. The molecule has 1 aromatic heterocycles. The summed E-state index contributed by atoms with van der Waals surface area (Å²) in [4.78, 5) is 23.1. The number of fused-ring (bicyclic) bond motifs is 1. The number of carbonyl (C=O) groups excluding carboxylic acids is 1. The molecule has 2 aromatic carbocycles. The molecule has 30 heavy (non-hydrogen) atoms. The predicted octanol–water partition coefficient (Wildman–Crippen LogP) is 6.12. The molecule has 0 N–H and O–H groups in total. The Hall–Kier alpha value is -1.60. The lowest BCUT2D eigenvalue weighted by Crippen LogP contribution is -2.33. The van der Waals surface area contributed by atoms with Crippen LogP contribution in [-0.4, -0.2) is 48.7 Å². The summed E-state index contributed by atoms with van der Waals surface area (Å²) in [6, 6.07) is 14.2. The monoisotopic (exact) mass is 461 g/mol. The predicted molar refractivity (Wildman–Crippen MR) is 131 cm³/mol. The van der Waals surface area contributed by atoms with E-state index in [2.05, 4.69) is 17.0 Å². The first-order chi connectivity index (χ1) is 14.5. The highest BCUT2D eigenvalue weighted by atomic mass is 35.5. The molecule has 4 nitrogen and oxygen atoms in total. The molecular formula is C23H28ClN3OS2. The molecule has 0 aliphatic heterocycles. The summed E-state index contributed by atoms with van der Waals surface area (Å²) in [5.41, 5.74) is 1.98. The van der Waals surface area contributed by atoms with Crippen molar-refractivity contribution >= 4 is 56.0 Å². The number of carbonyl (C=O) groups is 1. The van der Waals surface area contributed by atoms with Gasteiger partial charge in [0.05, 0.1) is 15.2 Å². The Kier molecular flexibility index (Phi) is 8.57. The summed E-state index contributed by atoms with van der Waals surface area (Å²) >= 11 is 9.69. The van der Waals surface area contributed by atoms with Gasteiger partial charge in [0.25, 0.3) is 0 Å². The maximum Gasteiger partial charge on any atom is 0.228 e. The Morgan fingerprint density at radius 1 is 1.10 bits per heavy atom. The van der Waals surface area contributed by atoms with Crippen LogP contribution in [0.2, 0.25) is 5.02 Å². The Bertz CT molecular complexity index is 936. The van der Waals surface area contributed by atoms with Gasteiger partial charge in [0.15, 0.2) is 5.13 Å². The minimum atomic E-state index is 0.134. The number of anilines is 1. The van der Waals surface area contributed by atoms with Crippen LogP contribution in [-0.2, 0) is 4.79 Å². The van der Waals surface area contributed by atoms with Gasteiger partial charge in [-0.05, 0) is 69.9 Å². The van der Waals surface area contributed by atoms with E-state index in [0.717, 1.165) is 46.1 Å². The molecular weight excluding hydrogens is 434 g/mol. The number of aryl methyl sites for hydroxylation is 1. The molecule has 0 atom stereocenters. The maximum atomic E-state index is 13.1. The van der Waals surface area contributed by atoms with Crippen LogP contribution in [0, 0.1) is 6.92 Å². The highest BCUT2D eigenvalue weighted by molar-refractivity contribution is 7.99. The topological polar surface area (TPSA) is 36.4 Å². The zero-order valence-electron chi connectivity index (χ0n) is 17.7. The van der Waals surface area contributed by atoms with E-state index < -0.39 is 0 Å². The lowest BCUT2D eigenvalue weighted by Gasteiger charge is -2.21. The largest absolute Gasteiger partial charge is 0.309 e. The van der Waals surface area contributed by atoms with Crippen LogP contribution in [0.4, 0.5) is 5.13 Å². The minimum Gasteiger partial charge on any atom is -0.309 e. The first-order valence-corrected chi connectivity index (χ1v) is 12.3. The van der Waals surface area contributed by atoms with E-state index in [1.54, 1.807) is 11.8 Å². The van der Waals surface area contributed by atoms with Crippen molar-refractivity contribution in [1.82, 2.24) is 9.88 Å². The van der Waals surface area contributed by atoms with Crippen molar-refractivity contribution in [2.24, 2.45) is 0 Å². The van der Waals surface area contributed by atoms with E-state index >= 15 is 0 Å². The summed E-state index contributed by atoms with van der Waals surface area (Å²) in [6.45, 7) is 3.62. The Morgan fingerprint density at radius 3 is 2.57 bits per heavy atom. The fourth-order valence-corrected chi connectivity index (χ4v) is 5.38. The summed E-state index contributed by atoms with van der Waals surface area (Å²) in [5, 5.41) is 1.44. The van der Waals surface area contributed by atoms with E-state index in [1.165, 1.54) is 16.2 Å². The zero-order valence-corrected chi connectivity index (χ0v) is 20.1. The molecule has 0 saturated carbocycles. The van der Waals surface area contributed by atoms with Gasteiger partial charge in [0.2, 0.25) is 5.91 Å². The van der Waals surface area contributed by atoms with Crippen LogP contribution in [0.3, 0.4) is 0 Å². The molecule has 7 heteroatoms. The Labute approximate surface area is 192 Å². The van der Waals surface area contributed by atoms with Crippen LogP contribution in [0.15, 0.2) is 47.4 Å². The van der Waals surface area contributed by atoms with Crippen LogP contribution >= 0.6 is 34.7 Å². The summed E-state index contributed by atoms with van der Waals surface area (Å²) in [7, 11) is 4.10. The van der Waals surface area contributed by atoms with E-state index in [9.17, 15) is 4.79 Å². The smallest absolute Gasteiger partial charge is 0.228 e. The minimum absolute atomic E-state index is 0.134. The molecule has 0 saturated heterocycles. The average molecular weight is 462 g/mol. The molecule has 160 valence electrons. The molecule has 0 aliphatic carbocycles. The van der Waals surface area contributed by atoms with E-state index in [-0.39, 0.29) is 5.91 Å². The lowest BCUT2D eigenvalue weighted by molar-refractivity contribution is -0.118. The van der Waals surface area contributed by atoms with Crippen LogP contribution in [0.1, 0.15) is 24.8 Å². The standard InChI is InChI=1S/C23H28ClN3OS2/c1-17-12-13-19(24)22-21(17)25-23(30-22)27(15-8-14-26(2)3)20(28)11-7-16-29-18-9-5-4-6-10-18/h4-6,9-10,12-13H,7-8,11,14-16H2,1-3H3. The normalized spacial score (nSPS) is 11.4. The maximum absolute atomic E-state index is 13.1. The first-order valence-electron chi connectivity index (χ1n) is 10.1. The highest BCUT2D eigenvalue weighted by Crippen LogP contribution is 2.36. The number of hydrogen-bond donors (Lipinski definition) is 0. The number of benzene rings is 2. The first kappa shape index (κ1) is 23.1. The second-order valence-corrected chi connectivity index (χ2v) is 10.1. The SMILES string of the molecule is Cc1ccc(Cl)c2sc(N(CCCN(C)C)C(=O)CCCSc3ccccc3)nc12. The molecule has 0 spiro atoms. The molecule has 1 heterocycles. The van der Waals surface area contributed by atoms with Gasteiger partial charge in [0.1, 0.15) is 0 Å². The van der Waals surface area contributed by atoms with Gasteiger partial charge in [-0.15, -0.1) is 11.8 Å². The third-order valence-electron chi connectivity index (χ3n) is 4.75. The van der Waals surface area contributed by atoms with Crippen molar-refractivity contribution in [3.8, 4) is 0 Å². The van der Waals surface area contributed by atoms with Crippen LogP contribution in [0.5, 0.6) is 0 Å².